The minimum Gasteiger partial charge on any atom is -0.312 e. The summed E-state index contributed by atoms with van der Waals surface area (Å²) >= 11 is 0. The molecule has 1 heterocycles. The molecular formula is C18H35N3. The molecule has 0 spiro atoms. The Morgan fingerprint density at radius 1 is 1.10 bits per heavy atom. The smallest absolute Gasteiger partial charge is 0.0638 e. The quantitative estimate of drug-likeness (QED) is 0.567. The van der Waals surface area contributed by atoms with Gasteiger partial charge in [0.25, 0.3) is 0 Å². The highest BCUT2D eigenvalue weighted by Crippen LogP contribution is 2.10. The number of nitrogens with one attached hydrogen (secondary N) is 1. The van der Waals surface area contributed by atoms with Crippen LogP contribution in [0.4, 0.5) is 0 Å². The lowest BCUT2D eigenvalue weighted by Gasteiger charge is -2.06. The highest BCUT2D eigenvalue weighted by Gasteiger charge is 2.04. The van der Waals surface area contributed by atoms with Crippen LogP contribution in [-0.2, 0) is 13.1 Å². The fourth-order valence-electron chi connectivity index (χ4n) is 2.57. The van der Waals surface area contributed by atoms with E-state index in [-0.39, 0.29) is 0 Å². The fourth-order valence-corrected chi connectivity index (χ4v) is 2.57. The first-order valence-electron chi connectivity index (χ1n) is 8.87. The third-order valence-electron chi connectivity index (χ3n) is 3.91. The maximum absolute atomic E-state index is 4.63. The molecule has 0 saturated heterocycles. The number of hydrogen-bond acceptors (Lipinski definition) is 2. The van der Waals surface area contributed by atoms with Crippen LogP contribution in [0, 0.1) is 12.8 Å². The molecular weight excluding hydrogens is 258 g/mol. The molecule has 3 nitrogen and oxygen atoms in total. The van der Waals surface area contributed by atoms with Gasteiger partial charge in [-0.15, -0.1) is 0 Å². The van der Waals surface area contributed by atoms with Crippen LogP contribution in [0.1, 0.15) is 77.0 Å². The Kier molecular flexibility index (Phi) is 9.40. The molecule has 0 aliphatic carbocycles. The second-order valence-electron chi connectivity index (χ2n) is 6.65. The highest BCUT2D eigenvalue weighted by atomic mass is 15.3. The molecule has 21 heavy (non-hydrogen) atoms. The Bertz CT molecular complexity index is 369. The normalized spacial score (nSPS) is 11.5. The molecule has 1 aromatic rings. The van der Waals surface area contributed by atoms with Gasteiger partial charge in [-0.3, -0.25) is 4.68 Å². The second-order valence-corrected chi connectivity index (χ2v) is 6.65. The number of aryl methyl sites for hydroxylation is 2. The van der Waals surface area contributed by atoms with Crippen molar-refractivity contribution in [2.75, 3.05) is 6.54 Å². The van der Waals surface area contributed by atoms with Crippen molar-refractivity contribution >= 4 is 0 Å². The Morgan fingerprint density at radius 3 is 2.43 bits per heavy atom. The van der Waals surface area contributed by atoms with E-state index in [1.165, 1.54) is 56.2 Å². The lowest BCUT2D eigenvalue weighted by atomic mass is 10.1. The zero-order chi connectivity index (χ0) is 15.5. The molecule has 0 aliphatic heterocycles. The van der Waals surface area contributed by atoms with Crippen molar-refractivity contribution in [3.63, 3.8) is 0 Å². The Balaban J connectivity index is 2.18. The summed E-state index contributed by atoms with van der Waals surface area (Å²) in [4.78, 5) is 0. The Labute approximate surface area is 131 Å². The van der Waals surface area contributed by atoms with Crippen molar-refractivity contribution < 1.29 is 0 Å². The molecule has 122 valence electrons. The maximum Gasteiger partial charge on any atom is 0.0638 e. The van der Waals surface area contributed by atoms with E-state index < -0.39 is 0 Å². The van der Waals surface area contributed by atoms with Gasteiger partial charge in [-0.2, -0.15) is 5.10 Å². The first-order chi connectivity index (χ1) is 10.1. The van der Waals surface area contributed by atoms with Gasteiger partial charge in [-0.05, 0) is 25.8 Å². The van der Waals surface area contributed by atoms with Crippen LogP contribution in [0.25, 0.3) is 0 Å². The molecule has 0 atom stereocenters. The number of rotatable bonds is 12. The van der Waals surface area contributed by atoms with Crippen LogP contribution in [0.5, 0.6) is 0 Å². The number of hydrogen-bond donors (Lipinski definition) is 1. The van der Waals surface area contributed by atoms with Gasteiger partial charge in [0.2, 0.25) is 0 Å². The first kappa shape index (κ1) is 18.2. The maximum atomic E-state index is 4.63. The summed E-state index contributed by atoms with van der Waals surface area (Å²) in [5, 5.41) is 8.13. The predicted octanol–water partition coefficient (Wildman–Crippen LogP) is 4.69. The van der Waals surface area contributed by atoms with Crippen molar-refractivity contribution in [2.24, 2.45) is 5.92 Å². The third-order valence-corrected chi connectivity index (χ3v) is 3.91. The monoisotopic (exact) mass is 293 g/mol. The minimum atomic E-state index is 0.702. The van der Waals surface area contributed by atoms with Crippen molar-refractivity contribution in [1.82, 2.24) is 15.1 Å². The summed E-state index contributed by atoms with van der Waals surface area (Å²) in [6.45, 7) is 12.0. The molecule has 0 aromatic carbocycles. The zero-order valence-electron chi connectivity index (χ0n) is 14.6. The van der Waals surface area contributed by atoms with Crippen LogP contribution in [0.3, 0.4) is 0 Å². The number of aromatic nitrogens is 2. The lowest BCUT2D eigenvalue weighted by Crippen LogP contribution is -2.19. The number of nitrogens with zero attached hydrogens (tertiary/aromatic N) is 2. The number of unbranched alkanes of at least 4 members (excludes halogenated alkanes) is 6. The summed E-state index contributed by atoms with van der Waals surface area (Å²) in [6.07, 6.45) is 11.7. The molecule has 0 radical (unpaired) electrons. The van der Waals surface area contributed by atoms with Gasteiger partial charge in [-0.25, -0.2) is 0 Å². The minimum absolute atomic E-state index is 0.702. The lowest BCUT2D eigenvalue weighted by molar-refractivity contribution is 0.521. The van der Waals surface area contributed by atoms with Crippen LogP contribution in [-0.4, -0.2) is 16.3 Å². The van der Waals surface area contributed by atoms with E-state index in [0.29, 0.717) is 5.92 Å². The Morgan fingerprint density at radius 2 is 1.76 bits per heavy atom. The molecule has 0 unspecified atom stereocenters. The van der Waals surface area contributed by atoms with Crippen LogP contribution < -0.4 is 5.32 Å². The largest absolute Gasteiger partial charge is 0.312 e. The van der Waals surface area contributed by atoms with E-state index in [9.17, 15) is 0 Å². The molecule has 0 aliphatic rings. The average molecular weight is 293 g/mol. The zero-order valence-corrected chi connectivity index (χ0v) is 14.6. The molecule has 1 N–H and O–H groups in total. The molecule has 3 heteroatoms. The Hall–Kier alpha value is -0.830. The molecule has 0 amide bonds. The first-order valence-corrected chi connectivity index (χ1v) is 8.87. The summed E-state index contributed by atoms with van der Waals surface area (Å²) in [6, 6.07) is 0. The van der Waals surface area contributed by atoms with E-state index in [2.05, 4.69) is 49.0 Å². The topological polar surface area (TPSA) is 29.9 Å². The van der Waals surface area contributed by atoms with Crippen LogP contribution in [0.2, 0.25) is 0 Å². The van der Waals surface area contributed by atoms with E-state index in [0.717, 1.165) is 19.6 Å². The summed E-state index contributed by atoms with van der Waals surface area (Å²) in [5.41, 5.74) is 2.52. The fraction of sp³-hybridized carbons (Fsp3) is 0.833. The van der Waals surface area contributed by atoms with E-state index in [1.807, 2.05) is 0 Å². The SMILES string of the molecule is CCCCCCCCCn1cc(CNCC(C)C)c(C)n1. The summed E-state index contributed by atoms with van der Waals surface area (Å²) in [7, 11) is 0. The molecule has 1 aromatic heterocycles. The van der Waals surface area contributed by atoms with E-state index >= 15 is 0 Å². The van der Waals surface area contributed by atoms with Gasteiger partial charge >= 0.3 is 0 Å². The van der Waals surface area contributed by atoms with Crippen molar-refractivity contribution in [3.8, 4) is 0 Å². The standard InChI is InChI=1S/C18H35N3/c1-5-6-7-8-9-10-11-12-21-15-18(17(4)20-21)14-19-13-16(2)3/h15-16,19H,5-14H2,1-4H3. The molecule has 0 saturated carbocycles. The van der Waals surface area contributed by atoms with Crippen molar-refractivity contribution in [1.29, 1.82) is 0 Å². The highest BCUT2D eigenvalue weighted by molar-refractivity contribution is 5.14. The molecule has 0 bridgehead atoms. The van der Waals surface area contributed by atoms with Gasteiger partial charge in [0.1, 0.15) is 0 Å². The second kappa shape index (κ2) is 10.8. The van der Waals surface area contributed by atoms with Gasteiger partial charge in [-0.1, -0.05) is 59.3 Å². The van der Waals surface area contributed by atoms with Crippen molar-refractivity contribution in [2.45, 2.75) is 85.7 Å². The van der Waals surface area contributed by atoms with E-state index in [4.69, 9.17) is 0 Å². The van der Waals surface area contributed by atoms with Crippen LogP contribution >= 0.6 is 0 Å². The van der Waals surface area contributed by atoms with Crippen molar-refractivity contribution in [3.05, 3.63) is 17.5 Å². The van der Waals surface area contributed by atoms with Gasteiger partial charge < -0.3 is 5.32 Å². The van der Waals surface area contributed by atoms with E-state index in [1.54, 1.807) is 0 Å². The predicted molar refractivity (Wildman–Crippen MR) is 91.5 cm³/mol. The third kappa shape index (κ3) is 8.25. The van der Waals surface area contributed by atoms with Gasteiger partial charge in [0, 0.05) is 24.8 Å². The summed E-state index contributed by atoms with van der Waals surface area (Å²) in [5.74, 6) is 0.702. The molecule has 1 rings (SSSR count). The van der Waals surface area contributed by atoms with Gasteiger partial charge in [0.15, 0.2) is 0 Å². The summed E-state index contributed by atoms with van der Waals surface area (Å²) < 4.78 is 2.13. The van der Waals surface area contributed by atoms with Crippen LogP contribution in [0.15, 0.2) is 6.20 Å². The average Bonchev–Trinajstić information content (AvgIpc) is 2.78. The van der Waals surface area contributed by atoms with Gasteiger partial charge in [0.05, 0.1) is 5.69 Å². The molecule has 0 fully saturated rings.